The van der Waals surface area contributed by atoms with E-state index < -0.39 is 5.97 Å². The van der Waals surface area contributed by atoms with Gasteiger partial charge in [-0.15, -0.1) is 0 Å². The maximum Gasteiger partial charge on any atom is 0.335 e. The molecule has 10 heteroatoms. The number of ether oxygens (including phenoxy) is 1. The summed E-state index contributed by atoms with van der Waals surface area (Å²) in [6, 6.07) is 17.4. The fourth-order valence-electron chi connectivity index (χ4n) is 3.13. The SMILES string of the molecule is CN1C(=O)/C(=C/c2cc(Cl)c(OCc3ccc(I)cc3)c(Cl)c2)SC1=Nc1ccc(C(=O)O)cc1. The standard InChI is InChI=1S/C25H17Cl2IN2O4S/c1-30-23(31)21(35-25(30)29-18-8-4-16(5-9-18)24(32)33)12-15-10-19(26)22(20(27)11-15)34-13-14-2-6-17(28)7-3-14/h2-12H,13H2,1H3,(H,32,33)/b21-12-,29-25?. The maximum absolute atomic E-state index is 12.8. The van der Waals surface area contributed by atoms with Crippen LogP contribution in [0.5, 0.6) is 5.75 Å². The monoisotopic (exact) mass is 638 g/mol. The summed E-state index contributed by atoms with van der Waals surface area (Å²) in [5.41, 5.74) is 2.35. The normalized spacial score (nSPS) is 15.8. The minimum Gasteiger partial charge on any atom is -0.486 e. The Balaban J connectivity index is 1.52. The molecule has 1 heterocycles. The van der Waals surface area contributed by atoms with Gasteiger partial charge in [0.1, 0.15) is 6.61 Å². The van der Waals surface area contributed by atoms with Crippen molar-refractivity contribution in [3.8, 4) is 5.75 Å². The predicted octanol–water partition coefficient (Wildman–Crippen LogP) is 7.11. The number of amides is 1. The summed E-state index contributed by atoms with van der Waals surface area (Å²) in [7, 11) is 1.63. The summed E-state index contributed by atoms with van der Waals surface area (Å²) < 4.78 is 6.97. The van der Waals surface area contributed by atoms with E-state index in [1.54, 1.807) is 37.4 Å². The van der Waals surface area contributed by atoms with Crippen LogP contribution in [0, 0.1) is 3.57 Å². The molecule has 0 bridgehead atoms. The van der Waals surface area contributed by atoms with Crippen molar-refractivity contribution in [3.05, 3.63) is 95.9 Å². The van der Waals surface area contributed by atoms with E-state index in [0.29, 0.717) is 43.7 Å². The zero-order valence-corrected chi connectivity index (χ0v) is 22.7. The summed E-state index contributed by atoms with van der Waals surface area (Å²) in [4.78, 5) is 30.1. The molecule has 4 rings (SSSR count). The molecular weight excluding hydrogens is 622 g/mol. The first-order chi connectivity index (χ1) is 16.7. The Bertz CT molecular complexity index is 1340. The second-order valence-corrected chi connectivity index (χ2v) is 10.5. The molecule has 178 valence electrons. The number of benzene rings is 3. The molecule has 35 heavy (non-hydrogen) atoms. The number of carboxylic acids is 1. The van der Waals surface area contributed by atoms with Crippen LogP contribution in [-0.2, 0) is 11.4 Å². The highest BCUT2D eigenvalue weighted by atomic mass is 127. The van der Waals surface area contributed by atoms with Gasteiger partial charge in [-0.05, 0) is 100 Å². The van der Waals surface area contributed by atoms with Crippen LogP contribution in [0.4, 0.5) is 5.69 Å². The Morgan fingerprint density at radius 2 is 1.74 bits per heavy atom. The maximum atomic E-state index is 12.8. The van der Waals surface area contributed by atoms with Crippen molar-refractivity contribution in [3.63, 3.8) is 0 Å². The number of halogens is 3. The smallest absolute Gasteiger partial charge is 0.335 e. The highest BCUT2D eigenvalue weighted by molar-refractivity contribution is 14.1. The third-order valence-electron chi connectivity index (χ3n) is 4.96. The van der Waals surface area contributed by atoms with Crippen LogP contribution < -0.4 is 4.74 Å². The summed E-state index contributed by atoms with van der Waals surface area (Å²) in [5.74, 6) is -0.855. The highest BCUT2D eigenvalue weighted by Crippen LogP contribution is 2.38. The van der Waals surface area contributed by atoms with Gasteiger partial charge in [-0.2, -0.15) is 0 Å². The van der Waals surface area contributed by atoms with Gasteiger partial charge in [0.2, 0.25) is 0 Å². The number of hydrogen-bond donors (Lipinski definition) is 1. The van der Waals surface area contributed by atoms with Crippen molar-refractivity contribution in [1.29, 1.82) is 0 Å². The summed E-state index contributed by atoms with van der Waals surface area (Å²) >= 11 is 16.3. The van der Waals surface area contributed by atoms with E-state index in [1.165, 1.54) is 28.8 Å². The molecule has 6 nitrogen and oxygen atoms in total. The Labute approximate surface area is 229 Å². The molecule has 0 spiro atoms. The fourth-order valence-corrected chi connectivity index (χ4v) is 5.09. The average molecular weight is 639 g/mol. The number of carboxylic acid groups (broad SMARTS) is 1. The first kappa shape index (κ1) is 25.6. The molecule has 1 aliphatic heterocycles. The van der Waals surface area contributed by atoms with Gasteiger partial charge in [-0.25, -0.2) is 9.79 Å². The van der Waals surface area contributed by atoms with Gasteiger partial charge in [0.05, 0.1) is 26.2 Å². The number of aliphatic imine (C=N–C) groups is 1. The lowest BCUT2D eigenvalue weighted by Crippen LogP contribution is -2.23. The van der Waals surface area contributed by atoms with Crippen molar-refractivity contribution in [2.75, 3.05) is 7.05 Å². The number of likely N-dealkylation sites (N-methyl/N-ethyl adjacent to an activating group) is 1. The van der Waals surface area contributed by atoms with Crippen molar-refractivity contribution >= 4 is 86.4 Å². The van der Waals surface area contributed by atoms with Crippen molar-refractivity contribution in [1.82, 2.24) is 4.90 Å². The summed E-state index contributed by atoms with van der Waals surface area (Å²) in [5, 5.41) is 10.2. The van der Waals surface area contributed by atoms with E-state index >= 15 is 0 Å². The van der Waals surface area contributed by atoms with E-state index in [9.17, 15) is 9.59 Å². The molecule has 0 aliphatic carbocycles. The molecule has 0 saturated carbocycles. The number of hydrogen-bond acceptors (Lipinski definition) is 5. The van der Waals surface area contributed by atoms with E-state index in [4.69, 9.17) is 33.0 Å². The molecule has 1 amide bonds. The topological polar surface area (TPSA) is 79.2 Å². The Kier molecular flexibility index (Phi) is 8.05. The van der Waals surface area contributed by atoms with Gasteiger partial charge in [0.25, 0.3) is 5.91 Å². The third kappa shape index (κ3) is 6.19. The van der Waals surface area contributed by atoms with Crippen LogP contribution in [0.3, 0.4) is 0 Å². The molecule has 3 aromatic carbocycles. The van der Waals surface area contributed by atoms with Gasteiger partial charge in [-0.1, -0.05) is 35.3 Å². The van der Waals surface area contributed by atoms with Gasteiger partial charge in [0, 0.05) is 10.6 Å². The summed E-state index contributed by atoms with van der Waals surface area (Å²) in [6.07, 6.45) is 1.69. The largest absolute Gasteiger partial charge is 0.486 e. The highest BCUT2D eigenvalue weighted by Gasteiger charge is 2.30. The minimum absolute atomic E-state index is 0.165. The molecule has 1 saturated heterocycles. The van der Waals surface area contributed by atoms with Gasteiger partial charge in [-0.3, -0.25) is 9.69 Å². The van der Waals surface area contributed by atoms with Gasteiger partial charge >= 0.3 is 5.97 Å². The number of nitrogens with zero attached hydrogens (tertiary/aromatic N) is 2. The van der Waals surface area contributed by atoms with Crippen LogP contribution in [-0.4, -0.2) is 34.1 Å². The molecule has 0 aromatic heterocycles. The number of rotatable bonds is 6. The number of thioether (sulfide) groups is 1. The average Bonchev–Trinajstić information content (AvgIpc) is 3.07. The number of carbonyl (C=O) groups excluding carboxylic acids is 1. The van der Waals surface area contributed by atoms with E-state index in [-0.39, 0.29) is 11.5 Å². The number of carbonyl (C=O) groups is 2. The third-order valence-corrected chi connectivity index (χ3v) is 7.30. The molecular formula is C25H17Cl2IN2O4S. The fraction of sp³-hybridized carbons (Fsp3) is 0.0800. The number of aromatic carboxylic acids is 1. The van der Waals surface area contributed by atoms with Crippen LogP contribution in [0.25, 0.3) is 6.08 Å². The van der Waals surface area contributed by atoms with Gasteiger partial charge < -0.3 is 9.84 Å². The van der Waals surface area contributed by atoms with Gasteiger partial charge in [0.15, 0.2) is 10.9 Å². The van der Waals surface area contributed by atoms with Crippen molar-refractivity contribution in [2.45, 2.75) is 6.61 Å². The second kappa shape index (κ2) is 11.0. The molecule has 0 unspecified atom stereocenters. The molecule has 0 radical (unpaired) electrons. The lowest BCUT2D eigenvalue weighted by Gasteiger charge is -2.11. The Morgan fingerprint density at radius 3 is 2.34 bits per heavy atom. The molecule has 1 aliphatic rings. The van der Waals surface area contributed by atoms with Crippen molar-refractivity contribution in [2.24, 2.45) is 4.99 Å². The number of amidine groups is 1. The molecule has 0 atom stereocenters. The van der Waals surface area contributed by atoms with E-state index in [1.807, 2.05) is 24.3 Å². The Morgan fingerprint density at radius 1 is 1.11 bits per heavy atom. The lowest BCUT2D eigenvalue weighted by molar-refractivity contribution is -0.121. The quantitative estimate of drug-likeness (QED) is 0.230. The van der Waals surface area contributed by atoms with E-state index in [0.717, 1.165) is 9.13 Å². The summed E-state index contributed by atoms with van der Waals surface area (Å²) in [6.45, 7) is 0.323. The molecule has 3 aromatic rings. The lowest BCUT2D eigenvalue weighted by atomic mass is 10.2. The predicted molar refractivity (Wildman–Crippen MR) is 149 cm³/mol. The van der Waals surface area contributed by atoms with Crippen LogP contribution >= 0.6 is 57.6 Å². The molecule has 1 N–H and O–H groups in total. The first-order valence-electron chi connectivity index (χ1n) is 10.2. The van der Waals surface area contributed by atoms with E-state index in [2.05, 4.69) is 27.6 Å². The Hall–Kier alpha value is -2.53. The minimum atomic E-state index is -1.01. The van der Waals surface area contributed by atoms with Crippen LogP contribution in [0.1, 0.15) is 21.5 Å². The van der Waals surface area contributed by atoms with Crippen LogP contribution in [0.2, 0.25) is 10.0 Å². The molecule has 1 fully saturated rings. The second-order valence-electron chi connectivity index (χ2n) is 7.45. The van der Waals surface area contributed by atoms with Crippen molar-refractivity contribution < 1.29 is 19.4 Å². The zero-order valence-electron chi connectivity index (χ0n) is 18.2. The van der Waals surface area contributed by atoms with Crippen LogP contribution in [0.15, 0.2) is 70.6 Å². The zero-order chi connectivity index (χ0) is 25.1. The first-order valence-corrected chi connectivity index (χ1v) is 12.8.